The lowest BCUT2D eigenvalue weighted by Gasteiger charge is -2.16. The van der Waals surface area contributed by atoms with E-state index in [4.69, 9.17) is 4.78 Å². The fraction of sp³-hybridized carbons (Fsp3) is 0.190. The summed E-state index contributed by atoms with van der Waals surface area (Å²) in [4.78, 5) is 9.52. The van der Waals surface area contributed by atoms with Crippen molar-refractivity contribution in [1.29, 1.82) is 4.78 Å². The highest BCUT2D eigenvalue weighted by Gasteiger charge is 2.13. The van der Waals surface area contributed by atoms with Crippen molar-refractivity contribution in [2.45, 2.75) is 17.9 Å². The molecular formula is C21H23N7O2S. The zero-order valence-corrected chi connectivity index (χ0v) is 18.0. The van der Waals surface area contributed by atoms with Gasteiger partial charge in [-0.25, -0.2) is 9.19 Å². The predicted molar refractivity (Wildman–Crippen MR) is 122 cm³/mol. The summed E-state index contributed by atoms with van der Waals surface area (Å²) in [6.45, 7) is 1.82. The Kier molecular flexibility index (Phi) is 5.83. The first kappa shape index (κ1) is 20.8. The van der Waals surface area contributed by atoms with Crippen LogP contribution < -0.4 is 10.6 Å². The number of nitrogens with one attached hydrogen (secondary N) is 3. The van der Waals surface area contributed by atoms with Crippen LogP contribution in [0.5, 0.6) is 0 Å². The molecule has 1 unspecified atom stereocenters. The molecule has 2 aromatic carbocycles. The number of anilines is 3. The van der Waals surface area contributed by atoms with Crippen LogP contribution in [0.2, 0.25) is 0 Å². The van der Waals surface area contributed by atoms with E-state index in [1.54, 1.807) is 30.5 Å². The summed E-state index contributed by atoms with van der Waals surface area (Å²) < 4.78 is 20.4. The van der Waals surface area contributed by atoms with Crippen molar-refractivity contribution in [2.75, 3.05) is 17.2 Å². The number of hydrogen-bond acceptors (Lipinski definition) is 8. The third kappa shape index (κ3) is 4.49. The van der Waals surface area contributed by atoms with Gasteiger partial charge in [-0.2, -0.15) is 10.1 Å². The number of hydrogen-bond donors (Lipinski definition) is 5. The van der Waals surface area contributed by atoms with Crippen molar-refractivity contribution in [3.8, 4) is 11.1 Å². The molecule has 4 N–H and O–H groups in total. The lowest BCUT2D eigenvalue weighted by molar-refractivity contribution is 0.281. The van der Waals surface area contributed by atoms with Crippen molar-refractivity contribution < 1.29 is 9.32 Å². The molecule has 0 aliphatic heterocycles. The first-order valence-electron chi connectivity index (χ1n) is 9.67. The molecule has 2 atom stereocenters. The predicted octanol–water partition coefficient (Wildman–Crippen LogP) is 3.17. The van der Waals surface area contributed by atoms with Gasteiger partial charge in [-0.05, 0) is 48.9 Å². The van der Waals surface area contributed by atoms with E-state index in [0.29, 0.717) is 22.3 Å². The van der Waals surface area contributed by atoms with Crippen molar-refractivity contribution in [1.82, 2.24) is 19.7 Å². The van der Waals surface area contributed by atoms with Gasteiger partial charge in [0.15, 0.2) is 0 Å². The first-order chi connectivity index (χ1) is 14.9. The van der Waals surface area contributed by atoms with Crippen LogP contribution >= 0.6 is 0 Å². The van der Waals surface area contributed by atoms with Crippen LogP contribution in [-0.4, -0.2) is 41.7 Å². The normalized spacial score (nSPS) is 13.1. The van der Waals surface area contributed by atoms with Crippen LogP contribution in [0.4, 0.5) is 17.5 Å². The lowest BCUT2D eigenvalue weighted by atomic mass is 10.1. The number of nitrogens with zero attached hydrogens (tertiary/aromatic N) is 4. The summed E-state index contributed by atoms with van der Waals surface area (Å²) in [5.74, 6) is 0.968. The van der Waals surface area contributed by atoms with Crippen molar-refractivity contribution in [2.24, 2.45) is 7.05 Å². The molecule has 31 heavy (non-hydrogen) atoms. The maximum absolute atomic E-state index is 11.3. The van der Waals surface area contributed by atoms with E-state index in [-0.39, 0.29) is 12.6 Å². The molecule has 0 amide bonds. The number of aryl methyl sites for hydroxylation is 1. The van der Waals surface area contributed by atoms with Gasteiger partial charge in [0.25, 0.3) is 0 Å². The van der Waals surface area contributed by atoms with Gasteiger partial charge in [0.1, 0.15) is 5.82 Å². The molecule has 0 aliphatic carbocycles. The second-order valence-electron chi connectivity index (χ2n) is 7.19. The van der Waals surface area contributed by atoms with Gasteiger partial charge < -0.3 is 15.7 Å². The fourth-order valence-corrected chi connectivity index (χ4v) is 3.60. The molecule has 2 heterocycles. The number of aromatic nitrogens is 4. The zero-order valence-electron chi connectivity index (χ0n) is 17.1. The van der Waals surface area contributed by atoms with Crippen LogP contribution in [0.1, 0.15) is 6.92 Å². The third-order valence-electron chi connectivity index (χ3n) is 4.86. The SMILES string of the molecule is C[C@H](CO)Nc1nc(Nc2ccc([SH](=N)=O)cc2)ncc1-c1ccc2c(cnn2C)c1. The summed E-state index contributed by atoms with van der Waals surface area (Å²) in [7, 11) is -0.225. The Bertz CT molecular complexity index is 1290. The Morgan fingerprint density at radius 2 is 1.97 bits per heavy atom. The summed E-state index contributed by atoms with van der Waals surface area (Å²) in [6.07, 6.45) is 3.54. The minimum atomic E-state index is -2.12. The van der Waals surface area contributed by atoms with E-state index in [9.17, 15) is 9.32 Å². The second-order valence-corrected chi connectivity index (χ2v) is 8.30. The second kappa shape index (κ2) is 8.70. The van der Waals surface area contributed by atoms with E-state index in [1.165, 1.54) is 0 Å². The average Bonchev–Trinajstić information content (AvgIpc) is 3.14. The largest absolute Gasteiger partial charge is 0.394 e. The molecular weight excluding hydrogens is 414 g/mol. The molecule has 0 aliphatic rings. The highest BCUT2D eigenvalue weighted by Crippen LogP contribution is 2.30. The Morgan fingerprint density at radius 3 is 2.68 bits per heavy atom. The van der Waals surface area contributed by atoms with Crippen LogP contribution in [0.3, 0.4) is 0 Å². The van der Waals surface area contributed by atoms with E-state index in [1.807, 2.05) is 43.0 Å². The molecule has 9 nitrogen and oxygen atoms in total. The summed E-state index contributed by atoms with van der Waals surface area (Å²) in [6, 6.07) is 12.6. The van der Waals surface area contributed by atoms with E-state index in [2.05, 4.69) is 25.7 Å². The monoisotopic (exact) mass is 437 g/mol. The van der Waals surface area contributed by atoms with Crippen LogP contribution in [0.25, 0.3) is 22.0 Å². The van der Waals surface area contributed by atoms with Gasteiger partial charge in [-0.3, -0.25) is 9.46 Å². The number of thiol groups is 1. The van der Waals surface area contributed by atoms with Gasteiger partial charge in [0.2, 0.25) is 5.95 Å². The van der Waals surface area contributed by atoms with Crippen LogP contribution in [0.15, 0.2) is 59.8 Å². The van der Waals surface area contributed by atoms with Gasteiger partial charge >= 0.3 is 0 Å². The van der Waals surface area contributed by atoms with Crippen molar-refractivity contribution in [3.63, 3.8) is 0 Å². The fourth-order valence-electron chi connectivity index (χ4n) is 3.18. The number of fused-ring (bicyclic) bond motifs is 1. The summed E-state index contributed by atoms with van der Waals surface area (Å²) in [5.41, 5.74) is 3.48. The van der Waals surface area contributed by atoms with Crippen molar-refractivity contribution >= 4 is 39.0 Å². The molecule has 0 spiro atoms. The number of rotatable bonds is 7. The number of aliphatic hydroxyl groups is 1. The standard InChI is InChI=1S/C21H23N7O2S/c1-13(12-29)25-20-18(14-3-8-19-15(9-14)10-24-28(19)2)11-23-21(27-20)26-16-4-6-17(7-5-16)31(22)30/h3-11,13,22,29,31H,12H2,1-2H3,(H2,23,25,26,27)/t13-/m1/s1. The third-order valence-corrected chi connectivity index (χ3v) is 5.63. The maximum atomic E-state index is 11.3. The highest BCUT2D eigenvalue weighted by atomic mass is 32.2. The highest BCUT2D eigenvalue weighted by molar-refractivity contribution is 7.73. The molecule has 2 aromatic heterocycles. The Hall–Kier alpha value is -3.50. The Labute approximate surface area is 181 Å². The Balaban J connectivity index is 1.69. The first-order valence-corrected chi connectivity index (χ1v) is 10.9. The summed E-state index contributed by atoms with van der Waals surface area (Å²) >= 11 is 0. The summed E-state index contributed by atoms with van der Waals surface area (Å²) in [5, 5.41) is 21.2. The quantitative estimate of drug-likeness (QED) is 0.281. The zero-order chi connectivity index (χ0) is 22.0. The molecule has 160 valence electrons. The lowest BCUT2D eigenvalue weighted by Crippen LogP contribution is -2.21. The van der Waals surface area contributed by atoms with Crippen LogP contribution in [0, 0.1) is 4.78 Å². The molecule has 0 saturated carbocycles. The minimum absolute atomic E-state index is 0.0411. The van der Waals surface area contributed by atoms with Gasteiger partial charge in [0, 0.05) is 40.8 Å². The molecule has 0 saturated heterocycles. The van der Waals surface area contributed by atoms with E-state index < -0.39 is 10.6 Å². The maximum Gasteiger partial charge on any atom is 0.229 e. The van der Waals surface area contributed by atoms with Crippen molar-refractivity contribution in [3.05, 3.63) is 54.9 Å². The van der Waals surface area contributed by atoms with Crippen LogP contribution in [-0.2, 0) is 17.6 Å². The van der Waals surface area contributed by atoms with Gasteiger partial charge in [0.05, 0.1) is 28.9 Å². The molecule has 0 radical (unpaired) electrons. The number of aliphatic hydroxyl groups excluding tert-OH is 1. The Morgan fingerprint density at radius 1 is 1.19 bits per heavy atom. The minimum Gasteiger partial charge on any atom is -0.394 e. The molecule has 4 aromatic rings. The average molecular weight is 438 g/mol. The van der Waals surface area contributed by atoms with Gasteiger partial charge in [-0.1, -0.05) is 6.07 Å². The molecule has 10 heteroatoms. The topological polar surface area (TPSA) is 129 Å². The van der Waals surface area contributed by atoms with E-state index in [0.717, 1.165) is 22.0 Å². The number of benzene rings is 2. The van der Waals surface area contributed by atoms with E-state index >= 15 is 0 Å². The molecule has 0 bridgehead atoms. The molecule has 0 fully saturated rings. The molecule has 4 rings (SSSR count). The van der Waals surface area contributed by atoms with Gasteiger partial charge in [-0.15, -0.1) is 0 Å². The smallest absolute Gasteiger partial charge is 0.229 e.